The fourth-order valence-corrected chi connectivity index (χ4v) is 4.37. The number of nitrogens with one attached hydrogen (secondary N) is 2. The zero-order chi connectivity index (χ0) is 25.1. The van der Waals surface area contributed by atoms with Crippen LogP contribution in [0.2, 0.25) is 0 Å². The summed E-state index contributed by atoms with van der Waals surface area (Å²) in [5, 5.41) is 8.81. The van der Waals surface area contributed by atoms with E-state index in [0.29, 0.717) is 17.8 Å². The topological polar surface area (TPSA) is 110 Å². The van der Waals surface area contributed by atoms with E-state index in [9.17, 15) is 9.59 Å². The highest BCUT2D eigenvalue weighted by Gasteiger charge is 2.26. The Labute approximate surface area is 208 Å². The second kappa shape index (κ2) is 9.92. The van der Waals surface area contributed by atoms with Crippen molar-refractivity contribution in [1.29, 1.82) is 0 Å². The van der Waals surface area contributed by atoms with Crippen LogP contribution in [0, 0.1) is 6.92 Å². The highest BCUT2D eigenvalue weighted by atomic mass is 16.3. The third-order valence-corrected chi connectivity index (χ3v) is 6.29. The zero-order valence-electron chi connectivity index (χ0n) is 19.8. The summed E-state index contributed by atoms with van der Waals surface area (Å²) in [5.41, 5.74) is 8.79. The molecule has 0 spiro atoms. The smallest absolute Gasteiger partial charge is 0.287 e. The maximum Gasteiger partial charge on any atom is 0.287 e. The summed E-state index contributed by atoms with van der Waals surface area (Å²) in [4.78, 5) is 30.7. The van der Waals surface area contributed by atoms with Crippen LogP contribution >= 0.6 is 0 Å². The third kappa shape index (κ3) is 4.77. The SMILES string of the molecule is Cc1c(C(=O)N[C@@H](Cc2cccc3ccccc23)C(=O)NCc2ccc(N)nc2)oc2ccccc12. The van der Waals surface area contributed by atoms with Gasteiger partial charge in [0.1, 0.15) is 17.4 Å². The Morgan fingerprint density at radius 1 is 0.944 bits per heavy atom. The predicted molar refractivity (Wildman–Crippen MR) is 140 cm³/mol. The van der Waals surface area contributed by atoms with Crippen molar-refractivity contribution in [3.8, 4) is 0 Å². The lowest BCUT2D eigenvalue weighted by Gasteiger charge is -2.19. The van der Waals surface area contributed by atoms with Gasteiger partial charge >= 0.3 is 0 Å². The number of rotatable bonds is 7. The summed E-state index contributed by atoms with van der Waals surface area (Å²) in [6.45, 7) is 2.10. The highest BCUT2D eigenvalue weighted by Crippen LogP contribution is 2.25. The first kappa shape index (κ1) is 23.1. The number of nitrogen functional groups attached to an aromatic ring is 1. The Bertz CT molecular complexity index is 1550. The quantitative estimate of drug-likeness (QED) is 0.318. The van der Waals surface area contributed by atoms with Crippen LogP contribution in [-0.2, 0) is 17.8 Å². The Morgan fingerprint density at radius 2 is 1.69 bits per heavy atom. The van der Waals surface area contributed by atoms with Gasteiger partial charge in [-0.15, -0.1) is 0 Å². The normalized spacial score (nSPS) is 11.9. The summed E-state index contributed by atoms with van der Waals surface area (Å²) in [5.74, 6) is -0.123. The van der Waals surface area contributed by atoms with Crippen LogP contribution in [0.4, 0.5) is 5.82 Å². The molecular weight excluding hydrogens is 452 g/mol. The van der Waals surface area contributed by atoms with Gasteiger partial charge in [0.2, 0.25) is 5.91 Å². The molecule has 4 N–H and O–H groups in total. The minimum atomic E-state index is -0.822. The molecule has 36 heavy (non-hydrogen) atoms. The number of nitrogens with two attached hydrogens (primary N) is 1. The molecule has 0 aliphatic heterocycles. The van der Waals surface area contributed by atoms with Gasteiger partial charge in [0.05, 0.1) is 0 Å². The molecule has 2 heterocycles. The minimum absolute atomic E-state index is 0.203. The first-order valence-corrected chi connectivity index (χ1v) is 11.7. The molecule has 0 radical (unpaired) electrons. The third-order valence-electron chi connectivity index (χ3n) is 6.29. The number of furan rings is 1. The summed E-state index contributed by atoms with van der Waals surface area (Å²) in [6.07, 6.45) is 1.93. The van der Waals surface area contributed by atoms with E-state index in [0.717, 1.165) is 32.8 Å². The van der Waals surface area contributed by atoms with Gasteiger partial charge in [-0.1, -0.05) is 66.7 Å². The molecule has 0 aliphatic carbocycles. The molecule has 2 aromatic heterocycles. The summed E-state index contributed by atoms with van der Waals surface area (Å²) in [7, 11) is 0. The Balaban J connectivity index is 1.42. The fraction of sp³-hybridized carbons (Fsp3) is 0.138. The van der Waals surface area contributed by atoms with Crippen molar-refractivity contribution in [2.24, 2.45) is 0 Å². The van der Waals surface area contributed by atoms with Gasteiger partial charge in [-0.25, -0.2) is 4.98 Å². The van der Waals surface area contributed by atoms with E-state index in [4.69, 9.17) is 10.2 Å². The molecule has 5 aromatic rings. The van der Waals surface area contributed by atoms with Crippen LogP contribution in [0.5, 0.6) is 0 Å². The number of amides is 2. The molecule has 0 unspecified atom stereocenters. The van der Waals surface area contributed by atoms with Gasteiger partial charge in [-0.05, 0) is 41.0 Å². The van der Waals surface area contributed by atoms with Crippen LogP contribution in [0.25, 0.3) is 21.7 Å². The standard InChI is InChI=1S/C29H26N4O3/c1-18-22-10-4-5-12-25(22)36-27(18)29(35)33-24(28(34)32-17-19-13-14-26(30)31-16-19)15-21-9-6-8-20-7-2-3-11-23(20)21/h2-14,16,24H,15,17H2,1H3,(H2,30,31)(H,32,34)(H,33,35)/t24-/m0/s1. The first-order chi connectivity index (χ1) is 17.5. The van der Waals surface area contributed by atoms with E-state index in [2.05, 4.69) is 15.6 Å². The van der Waals surface area contributed by atoms with Crippen LogP contribution in [0.1, 0.15) is 27.2 Å². The van der Waals surface area contributed by atoms with Crippen LogP contribution in [0.15, 0.2) is 89.5 Å². The number of para-hydroxylation sites is 1. The van der Waals surface area contributed by atoms with Gasteiger partial charge in [-0.2, -0.15) is 0 Å². The molecule has 0 aliphatic rings. The molecule has 0 fully saturated rings. The number of carbonyl (C=O) groups excluding carboxylic acids is 2. The van der Waals surface area contributed by atoms with Crippen molar-refractivity contribution in [3.63, 3.8) is 0 Å². The van der Waals surface area contributed by atoms with Crippen molar-refractivity contribution in [2.45, 2.75) is 25.9 Å². The average molecular weight is 479 g/mol. The molecule has 1 atom stereocenters. The summed E-state index contributed by atoms with van der Waals surface area (Å²) < 4.78 is 5.84. The van der Waals surface area contributed by atoms with Crippen LogP contribution in [-0.4, -0.2) is 22.8 Å². The molecule has 2 amide bonds. The number of benzene rings is 3. The van der Waals surface area contributed by atoms with Gasteiger partial charge < -0.3 is 20.8 Å². The van der Waals surface area contributed by atoms with E-state index >= 15 is 0 Å². The number of aryl methyl sites for hydroxylation is 1. The number of pyridine rings is 1. The van der Waals surface area contributed by atoms with Gasteiger partial charge in [0.15, 0.2) is 5.76 Å². The van der Waals surface area contributed by atoms with Gasteiger partial charge in [0.25, 0.3) is 5.91 Å². The second-order valence-corrected chi connectivity index (χ2v) is 8.73. The molecule has 7 heteroatoms. The van der Waals surface area contributed by atoms with Crippen molar-refractivity contribution < 1.29 is 14.0 Å². The Kier molecular flexibility index (Phi) is 6.36. The molecule has 180 valence electrons. The molecule has 3 aromatic carbocycles. The Hall–Kier alpha value is -4.65. The fourth-order valence-electron chi connectivity index (χ4n) is 4.37. The summed E-state index contributed by atoms with van der Waals surface area (Å²) >= 11 is 0. The van der Waals surface area contributed by atoms with E-state index in [1.165, 1.54) is 0 Å². The van der Waals surface area contributed by atoms with Crippen molar-refractivity contribution in [1.82, 2.24) is 15.6 Å². The predicted octanol–water partition coefficient (Wildman–Crippen LogP) is 4.53. The minimum Gasteiger partial charge on any atom is -0.451 e. The monoisotopic (exact) mass is 478 g/mol. The number of nitrogens with zero attached hydrogens (tertiary/aromatic N) is 1. The first-order valence-electron chi connectivity index (χ1n) is 11.7. The van der Waals surface area contributed by atoms with Gasteiger partial charge in [0, 0.05) is 30.1 Å². The lowest BCUT2D eigenvalue weighted by molar-refractivity contribution is -0.123. The molecular formula is C29H26N4O3. The molecule has 0 saturated heterocycles. The maximum absolute atomic E-state index is 13.3. The number of fused-ring (bicyclic) bond motifs is 2. The number of anilines is 1. The highest BCUT2D eigenvalue weighted by molar-refractivity contribution is 6.01. The van der Waals surface area contributed by atoms with E-state index in [1.807, 2.05) is 73.7 Å². The molecule has 0 saturated carbocycles. The van der Waals surface area contributed by atoms with Crippen molar-refractivity contribution in [2.75, 3.05) is 5.73 Å². The van der Waals surface area contributed by atoms with E-state index < -0.39 is 11.9 Å². The van der Waals surface area contributed by atoms with E-state index in [1.54, 1.807) is 18.3 Å². The zero-order valence-corrected chi connectivity index (χ0v) is 19.8. The molecule has 5 rings (SSSR count). The van der Waals surface area contributed by atoms with Crippen molar-refractivity contribution >= 4 is 39.4 Å². The van der Waals surface area contributed by atoms with E-state index in [-0.39, 0.29) is 18.2 Å². The molecule has 7 nitrogen and oxygen atoms in total. The summed E-state index contributed by atoms with van der Waals surface area (Å²) in [6, 6.07) is 24.1. The van der Waals surface area contributed by atoms with Crippen LogP contribution in [0.3, 0.4) is 0 Å². The maximum atomic E-state index is 13.3. The largest absolute Gasteiger partial charge is 0.451 e. The van der Waals surface area contributed by atoms with Crippen molar-refractivity contribution in [3.05, 3.63) is 108 Å². The average Bonchev–Trinajstić information content (AvgIpc) is 3.24. The second-order valence-electron chi connectivity index (χ2n) is 8.73. The Morgan fingerprint density at radius 3 is 2.47 bits per heavy atom. The number of hydrogen-bond donors (Lipinski definition) is 3. The lowest BCUT2D eigenvalue weighted by Crippen LogP contribution is -2.48. The molecule has 0 bridgehead atoms. The number of aromatic nitrogens is 1. The van der Waals surface area contributed by atoms with Crippen LogP contribution < -0.4 is 16.4 Å². The van der Waals surface area contributed by atoms with Gasteiger partial charge in [-0.3, -0.25) is 9.59 Å². The lowest BCUT2D eigenvalue weighted by atomic mass is 9.98. The number of hydrogen-bond acceptors (Lipinski definition) is 5. The number of carbonyl (C=O) groups is 2.